The molecule has 1 aliphatic carbocycles. The number of rotatable bonds is 11. The van der Waals surface area contributed by atoms with E-state index in [9.17, 15) is 19.8 Å². The van der Waals surface area contributed by atoms with Gasteiger partial charge in [-0.1, -0.05) is 54.6 Å². The van der Waals surface area contributed by atoms with Gasteiger partial charge in [-0.05, 0) is 37.7 Å². The van der Waals surface area contributed by atoms with E-state index in [-0.39, 0.29) is 30.5 Å². The summed E-state index contributed by atoms with van der Waals surface area (Å²) >= 11 is 0. The van der Waals surface area contributed by atoms with Crippen LogP contribution in [0.2, 0.25) is 0 Å². The van der Waals surface area contributed by atoms with Crippen molar-refractivity contribution < 1.29 is 24.9 Å². The zero-order chi connectivity index (χ0) is 20.4. The first kappa shape index (κ1) is 22.1. The predicted octanol–water partition coefficient (Wildman–Crippen LogP) is 3.30. The normalized spacial score (nSPS) is 23.6. The van der Waals surface area contributed by atoms with Crippen LogP contribution >= 0.6 is 0 Å². The summed E-state index contributed by atoms with van der Waals surface area (Å²) < 4.78 is 0. The molecule has 28 heavy (non-hydrogen) atoms. The van der Waals surface area contributed by atoms with Gasteiger partial charge in [0.05, 0.1) is 12.2 Å². The van der Waals surface area contributed by atoms with E-state index >= 15 is 0 Å². The summed E-state index contributed by atoms with van der Waals surface area (Å²) in [6.07, 6.45) is 9.39. The molecule has 1 aliphatic rings. The second-order valence-corrected chi connectivity index (χ2v) is 7.40. The first-order valence-corrected chi connectivity index (χ1v) is 9.95. The number of hydrogen-bond acceptors (Lipinski definition) is 4. The number of carbonyl (C=O) groups excluding carboxylic acids is 1. The van der Waals surface area contributed by atoms with Crippen LogP contribution in [0.4, 0.5) is 0 Å². The highest BCUT2D eigenvalue weighted by Crippen LogP contribution is 2.33. The molecule has 1 fully saturated rings. The van der Waals surface area contributed by atoms with Crippen molar-refractivity contribution in [2.45, 2.75) is 57.2 Å². The molecule has 0 aromatic heterocycles. The Labute approximate surface area is 166 Å². The molecule has 2 rings (SSSR count). The van der Waals surface area contributed by atoms with Crippen molar-refractivity contribution in [3.05, 3.63) is 60.2 Å². The van der Waals surface area contributed by atoms with Crippen LogP contribution in [0.1, 0.15) is 44.1 Å². The smallest absolute Gasteiger partial charge is 0.303 e. The number of Topliss-reactive ketones (excluding diaryl/α,β-unsaturated/α-hetero) is 1. The van der Waals surface area contributed by atoms with Gasteiger partial charge in [0.25, 0.3) is 0 Å². The second-order valence-electron chi connectivity index (χ2n) is 7.40. The molecule has 0 aliphatic heterocycles. The van der Waals surface area contributed by atoms with Crippen molar-refractivity contribution in [3.63, 3.8) is 0 Å². The maximum Gasteiger partial charge on any atom is 0.303 e. The van der Waals surface area contributed by atoms with E-state index in [2.05, 4.69) is 0 Å². The van der Waals surface area contributed by atoms with E-state index < -0.39 is 18.2 Å². The minimum atomic E-state index is -0.804. The topological polar surface area (TPSA) is 94.8 Å². The van der Waals surface area contributed by atoms with Gasteiger partial charge < -0.3 is 15.3 Å². The average molecular weight is 386 g/mol. The molecule has 5 heteroatoms. The molecule has 1 saturated carbocycles. The second kappa shape index (κ2) is 11.6. The van der Waals surface area contributed by atoms with Crippen molar-refractivity contribution in [1.82, 2.24) is 0 Å². The van der Waals surface area contributed by atoms with Crippen LogP contribution in [0.5, 0.6) is 0 Å². The molecule has 0 radical (unpaired) electrons. The lowest BCUT2D eigenvalue weighted by molar-refractivity contribution is -0.137. The number of benzene rings is 1. The van der Waals surface area contributed by atoms with Gasteiger partial charge in [0.1, 0.15) is 5.78 Å². The van der Waals surface area contributed by atoms with Crippen LogP contribution < -0.4 is 0 Å². The number of hydrogen-bond donors (Lipinski definition) is 3. The van der Waals surface area contributed by atoms with Crippen LogP contribution in [-0.4, -0.2) is 39.3 Å². The zero-order valence-electron chi connectivity index (χ0n) is 16.1. The lowest BCUT2D eigenvalue weighted by atomic mass is 9.90. The fraction of sp³-hybridized carbons (Fsp3) is 0.478. The summed E-state index contributed by atoms with van der Waals surface area (Å²) in [5, 5.41) is 29.0. The van der Waals surface area contributed by atoms with Crippen LogP contribution in [-0.2, 0) is 16.0 Å². The van der Waals surface area contributed by atoms with Crippen molar-refractivity contribution >= 4 is 11.8 Å². The third kappa shape index (κ3) is 7.41. The number of carboxylic acid groups (broad SMARTS) is 1. The van der Waals surface area contributed by atoms with Gasteiger partial charge in [0.2, 0.25) is 0 Å². The van der Waals surface area contributed by atoms with Gasteiger partial charge >= 0.3 is 5.97 Å². The molecule has 0 amide bonds. The molecular weight excluding hydrogens is 356 g/mol. The molecule has 1 aromatic rings. The highest BCUT2D eigenvalue weighted by Gasteiger charge is 2.39. The first-order valence-electron chi connectivity index (χ1n) is 9.95. The van der Waals surface area contributed by atoms with Gasteiger partial charge in [0.15, 0.2) is 0 Å². The summed E-state index contributed by atoms with van der Waals surface area (Å²) in [6.45, 7) is 0. The Morgan fingerprint density at radius 1 is 1.21 bits per heavy atom. The van der Waals surface area contributed by atoms with E-state index in [1.165, 1.54) is 0 Å². The van der Waals surface area contributed by atoms with Gasteiger partial charge in [-0.25, -0.2) is 0 Å². The molecule has 5 nitrogen and oxygen atoms in total. The Balaban J connectivity index is 1.82. The Hall–Kier alpha value is -2.24. The average Bonchev–Trinajstić information content (AvgIpc) is 2.94. The zero-order valence-corrected chi connectivity index (χ0v) is 16.1. The van der Waals surface area contributed by atoms with Gasteiger partial charge in [-0.3, -0.25) is 9.59 Å². The Bertz CT molecular complexity index is 679. The summed E-state index contributed by atoms with van der Waals surface area (Å²) in [5.41, 5.74) is 1.16. The molecule has 0 saturated heterocycles. The summed E-state index contributed by atoms with van der Waals surface area (Å²) in [7, 11) is 0. The van der Waals surface area contributed by atoms with Crippen molar-refractivity contribution in [2.75, 3.05) is 0 Å². The maximum atomic E-state index is 12.2. The largest absolute Gasteiger partial charge is 0.481 e. The molecule has 1 aromatic carbocycles. The third-order valence-corrected chi connectivity index (χ3v) is 5.19. The predicted molar refractivity (Wildman–Crippen MR) is 108 cm³/mol. The fourth-order valence-electron chi connectivity index (χ4n) is 3.57. The summed E-state index contributed by atoms with van der Waals surface area (Å²) in [4.78, 5) is 22.7. The van der Waals surface area contributed by atoms with Crippen LogP contribution in [0, 0.1) is 11.8 Å². The van der Waals surface area contributed by atoms with Gasteiger partial charge in [-0.2, -0.15) is 0 Å². The highest BCUT2D eigenvalue weighted by atomic mass is 16.4. The molecule has 0 bridgehead atoms. The van der Waals surface area contributed by atoms with E-state index in [0.29, 0.717) is 25.7 Å². The minimum absolute atomic E-state index is 0.00304. The summed E-state index contributed by atoms with van der Waals surface area (Å²) in [6, 6.07) is 9.93. The lowest BCUT2D eigenvalue weighted by Crippen LogP contribution is -2.19. The van der Waals surface area contributed by atoms with Crippen molar-refractivity contribution in [2.24, 2.45) is 11.8 Å². The van der Waals surface area contributed by atoms with Crippen LogP contribution in [0.3, 0.4) is 0 Å². The molecule has 4 atom stereocenters. The van der Waals surface area contributed by atoms with Crippen molar-refractivity contribution in [3.8, 4) is 0 Å². The Kier molecular flexibility index (Phi) is 9.11. The highest BCUT2D eigenvalue weighted by molar-refractivity contribution is 5.86. The van der Waals surface area contributed by atoms with Crippen LogP contribution in [0.15, 0.2) is 54.6 Å². The van der Waals surface area contributed by atoms with Crippen molar-refractivity contribution in [1.29, 1.82) is 0 Å². The fourth-order valence-corrected chi connectivity index (χ4v) is 3.57. The molecule has 0 spiro atoms. The molecule has 3 N–H and O–H groups in total. The number of aliphatic carboxylic acids is 1. The number of aliphatic hydroxyl groups is 2. The van der Waals surface area contributed by atoms with Gasteiger partial charge in [0, 0.05) is 24.7 Å². The number of carbonyl (C=O) groups is 2. The number of carboxylic acids is 1. The van der Waals surface area contributed by atoms with E-state index in [1.807, 2.05) is 42.5 Å². The lowest BCUT2D eigenvalue weighted by Gasteiger charge is -2.17. The summed E-state index contributed by atoms with van der Waals surface area (Å²) in [5.74, 6) is -1.38. The van der Waals surface area contributed by atoms with E-state index in [1.54, 1.807) is 12.2 Å². The molecular formula is C23H30O5. The molecule has 152 valence electrons. The quantitative estimate of drug-likeness (QED) is 0.401. The molecule has 0 unspecified atom stereocenters. The monoisotopic (exact) mass is 386 g/mol. The van der Waals surface area contributed by atoms with E-state index in [4.69, 9.17) is 5.11 Å². The number of unbranched alkanes of at least 4 members (excludes halogenated alkanes) is 1. The SMILES string of the molecule is O=C(O)CCC/C=C\C[C@@H]1[C@H](O)CC(=O)[C@@H]1/C=C/[C@H](O)CCc1ccccc1. The Morgan fingerprint density at radius 2 is 1.96 bits per heavy atom. The number of aryl methyl sites for hydroxylation is 1. The number of aliphatic hydroxyl groups excluding tert-OH is 2. The minimum Gasteiger partial charge on any atom is -0.481 e. The standard InChI is InChI=1S/C23H30O5/c24-18(13-12-17-8-4-3-5-9-17)14-15-20-19(21(25)16-22(20)26)10-6-1-2-7-11-23(27)28/h1,3-6,8-9,14-15,18-21,24-25H,2,7,10-13,16H2,(H,27,28)/b6-1-,15-14+/t18-,19+,20-,21-/m1/s1. The first-order chi connectivity index (χ1) is 13.5. The number of ketones is 1. The third-order valence-electron chi connectivity index (χ3n) is 5.19. The maximum absolute atomic E-state index is 12.2. The van der Waals surface area contributed by atoms with Gasteiger partial charge in [-0.15, -0.1) is 0 Å². The number of allylic oxidation sites excluding steroid dienone is 3. The Morgan fingerprint density at radius 3 is 2.68 bits per heavy atom. The van der Waals surface area contributed by atoms with Crippen LogP contribution in [0.25, 0.3) is 0 Å². The molecule has 0 heterocycles. The van der Waals surface area contributed by atoms with E-state index in [0.717, 1.165) is 12.0 Å².